The van der Waals surface area contributed by atoms with Gasteiger partial charge in [0.2, 0.25) is 5.91 Å². The summed E-state index contributed by atoms with van der Waals surface area (Å²) in [4.78, 5) is 25.4. The van der Waals surface area contributed by atoms with Crippen LogP contribution in [0.15, 0.2) is 18.2 Å². The van der Waals surface area contributed by atoms with Gasteiger partial charge in [-0.25, -0.2) is 0 Å². The number of carboxylic acid groups (broad SMARTS) is 1. The van der Waals surface area contributed by atoms with Crippen LogP contribution in [0.4, 0.5) is 5.69 Å². The number of rotatable bonds is 2. The summed E-state index contributed by atoms with van der Waals surface area (Å²) >= 11 is 0. The molecule has 5 nitrogen and oxygen atoms in total. The number of aryl methyl sites for hydroxylation is 1. The molecule has 2 heterocycles. The van der Waals surface area contributed by atoms with E-state index in [1.807, 2.05) is 25.1 Å². The minimum absolute atomic E-state index is 0.0503. The van der Waals surface area contributed by atoms with Crippen LogP contribution in [0.25, 0.3) is 0 Å². The maximum absolute atomic E-state index is 12.9. The Morgan fingerprint density at radius 1 is 1.40 bits per heavy atom. The fourth-order valence-corrected chi connectivity index (χ4v) is 3.58. The normalized spacial score (nSPS) is 20.2. The number of nitrogens with one attached hydrogen (secondary N) is 1. The summed E-state index contributed by atoms with van der Waals surface area (Å²) in [6.07, 6.45) is 1.47. The van der Waals surface area contributed by atoms with Gasteiger partial charge in [-0.1, -0.05) is 12.1 Å². The number of aliphatic carboxylic acids is 1. The van der Waals surface area contributed by atoms with Crippen molar-refractivity contribution >= 4 is 17.6 Å². The summed E-state index contributed by atoms with van der Waals surface area (Å²) < 4.78 is 0. The third-order valence-electron chi connectivity index (χ3n) is 4.43. The van der Waals surface area contributed by atoms with Crippen LogP contribution in [0.1, 0.15) is 24.0 Å². The van der Waals surface area contributed by atoms with Crippen LogP contribution in [0, 0.1) is 6.92 Å². The number of anilines is 1. The molecule has 0 radical (unpaired) electrons. The number of amides is 1. The predicted octanol–water partition coefficient (Wildman–Crippen LogP) is 1.05. The van der Waals surface area contributed by atoms with Gasteiger partial charge in [-0.15, -0.1) is 0 Å². The minimum Gasteiger partial charge on any atom is -0.480 e. The summed E-state index contributed by atoms with van der Waals surface area (Å²) in [7, 11) is 0. The first kappa shape index (κ1) is 13.1. The number of hydrogen-bond acceptors (Lipinski definition) is 3. The summed E-state index contributed by atoms with van der Waals surface area (Å²) in [6.45, 7) is 3.32. The van der Waals surface area contributed by atoms with E-state index in [1.165, 1.54) is 4.90 Å². The number of nitrogens with zero attached hydrogens (tertiary/aromatic N) is 1. The van der Waals surface area contributed by atoms with Gasteiger partial charge in [-0.3, -0.25) is 9.59 Å². The van der Waals surface area contributed by atoms with Crippen molar-refractivity contribution in [2.24, 2.45) is 0 Å². The smallest absolute Gasteiger partial charge is 0.323 e. The molecule has 1 amide bonds. The molecule has 5 heteroatoms. The van der Waals surface area contributed by atoms with Crippen LogP contribution >= 0.6 is 0 Å². The van der Waals surface area contributed by atoms with Crippen molar-refractivity contribution in [3.8, 4) is 0 Å². The molecule has 3 rings (SSSR count). The zero-order valence-electron chi connectivity index (χ0n) is 11.5. The number of piperidine rings is 1. The van der Waals surface area contributed by atoms with Crippen molar-refractivity contribution in [3.05, 3.63) is 29.3 Å². The molecule has 1 saturated heterocycles. The van der Waals surface area contributed by atoms with Gasteiger partial charge < -0.3 is 15.3 Å². The van der Waals surface area contributed by atoms with E-state index < -0.39 is 11.4 Å². The average Bonchev–Trinajstić information content (AvgIpc) is 2.64. The molecule has 2 N–H and O–H groups in total. The highest BCUT2D eigenvalue weighted by Gasteiger charge is 2.52. The molecule has 1 fully saturated rings. The van der Waals surface area contributed by atoms with Gasteiger partial charge >= 0.3 is 5.97 Å². The molecular formula is C15H18N2O3. The molecule has 106 valence electrons. The zero-order chi connectivity index (χ0) is 14.3. The maximum Gasteiger partial charge on any atom is 0.323 e. The van der Waals surface area contributed by atoms with Crippen LogP contribution in [-0.4, -0.2) is 36.6 Å². The van der Waals surface area contributed by atoms with E-state index >= 15 is 0 Å². The number of carbonyl (C=O) groups excluding carboxylic acids is 1. The highest BCUT2D eigenvalue weighted by molar-refractivity contribution is 6.10. The fourth-order valence-electron chi connectivity index (χ4n) is 3.58. The lowest BCUT2D eigenvalue weighted by molar-refractivity contribution is -0.137. The van der Waals surface area contributed by atoms with Gasteiger partial charge in [0, 0.05) is 5.69 Å². The van der Waals surface area contributed by atoms with Gasteiger partial charge in [0.05, 0.1) is 5.41 Å². The van der Waals surface area contributed by atoms with E-state index in [-0.39, 0.29) is 12.5 Å². The summed E-state index contributed by atoms with van der Waals surface area (Å²) in [5.74, 6) is -1.03. The van der Waals surface area contributed by atoms with E-state index in [1.54, 1.807) is 0 Å². The maximum atomic E-state index is 12.9. The van der Waals surface area contributed by atoms with Gasteiger partial charge in [0.25, 0.3) is 0 Å². The van der Waals surface area contributed by atoms with E-state index in [2.05, 4.69) is 5.32 Å². The summed E-state index contributed by atoms with van der Waals surface area (Å²) in [5.41, 5.74) is 2.36. The second-order valence-electron chi connectivity index (χ2n) is 5.59. The Balaban J connectivity index is 2.15. The topological polar surface area (TPSA) is 69.6 Å². The lowest BCUT2D eigenvalue weighted by Crippen LogP contribution is -2.48. The number of carbonyl (C=O) groups is 2. The minimum atomic E-state index is -0.975. The van der Waals surface area contributed by atoms with Gasteiger partial charge in [-0.2, -0.15) is 0 Å². The van der Waals surface area contributed by atoms with Gasteiger partial charge in [-0.05, 0) is 50.0 Å². The Morgan fingerprint density at radius 2 is 2.10 bits per heavy atom. The van der Waals surface area contributed by atoms with Gasteiger partial charge in [0.15, 0.2) is 0 Å². The Labute approximate surface area is 117 Å². The molecule has 1 aromatic carbocycles. The number of hydrogen-bond donors (Lipinski definition) is 2. The first-order chi connectivity index (χ1) is 9.56. The Hall–Kier alpha value is -1.88. The monoisotopic (exact) mass is 274 g/mol. The molecular weight excluding hydrogens is 256 g/mol. The average molecular weight is 274 g/mol. The zero-order valence-corrected chi connectivity index (χ0v) is 11.5. The van der Waals surface area contributed by atoms with Crippen LogP contribution in [0.2, 0.25) is 0 Å². The molecule has 0 aromatic heterocycles. The van der Waals surface area contributed by atoms with E-state index in [4.69, 9.17) is 5.11 Å². The number of fused-ring (bicyclic) bond motifs is 2. The molecule has 1 spiro atoms. The van der Waals surface area contributed by atoms with Crippen molar-refractivity contribution in [1.29, 1.82) is 0 Å². The summed E-state index contributed by atoms with van der Waals surface area (Å²) in [5, 5.41) is 12.3. The molecule has 0 atom stereocenters. The van der Waals surface area contributed by atoms with Crippen molar-refractivity contribution < 1.29 is 14.7 Å². The van der Waals surface area contributed by atoms with Crippen molar-refractivity contribution in [2.75, 3.05) is 24.5 Å². The molecule has 2 aliphatic heterocycles. The van der Waals surface area contributed by atoms with Crippen molar-refractivity contribution in [1.82, 2.24) is 5.32 Å². The van der Waals surface area contributed by atoms with Gasteiger partial charge in [0.1, 0.15) is 6.54 Å². The summed E-state index contributed by atoms with van der Waals surface area (Å²) in [6, 6.07) is 5.75. The highest BCUT2D eigenvalue weighted by Crippen LogP contribution is 2.48. The van der Waals surface area contributed by atoms with Crippen molar-refractivity contribution in [2.45, 2.75) is 25.2 Å². The quantitative estimate of drug-likeness (QED) is 0.845. The first-order valence-corrected chi connectivity index (χ1v) is 6.91. The lowest BCUT2D eigenvalue weighted by Gasteiger charge is -2.33. The van der Waals surface area contributed by atoms with Crippen LogP contribution < -0.4 is 10.2 Å². The molecule has 0 aliphatic carbocycles. The van der Waals surface area contributed by atoms with Crippen LogP contribution in [0.3, 0.4) is 0 Å². The number of carboxylic acids is 1. The Bertz CT molecular complexity index is 576. The first-order valence-electron chi connectivity index (χ1n) is 6.91. The Morgan fingerprint density at radius 3 is 2.75 bits per heavy atom. The van der Waals surface area contributed by atoms with Crippen LogP contribution in [-0.2, 0) is 15.0 Å². The third kappa shape index (κ3) is 1.73. The third-order valence-corrected chi connectivity index (χ3v) is 4.43. The van der Waals surface area contributed by atoms with E-state index in [9.17, 15) is 9.59 Å². The molecule has 2 aliphatic rings. The highest BCUT2D eigenvalue weighted by atomic mass is 16.4. The van der Waals surface area contributed by atoms with E-state index in [0.29, 0.717) is 0 Å². The standard InChI is InChI=1S/C15H18N2O3/c1-10-3-2-4-11-13(10)15(5-7-16-8-6-15)14(20)17(11)9-12(18)19/h2-4,16H,5-9H2,1H3,(H,18,19). The largest absolute Gasteiger partial charge is 0.480 e. The SMILES string of the molecule is Cc1cccc2c1C1(CCNCC1)C(=O)N2CC(=O)O. The molecule has 20 heavy (non-hydrogen) atoms. The fraction of sp³-hybridized carbons (Fsp3) is 0.467. The predicted molar refractivity (Wildman–Crippen MR) is 74.9 cm³/mol. The second kappa shape index (κ2) is 4.59. The molecule has 0 bridgehead atoms. The van der Waals surface area contributed by atoms with E-state index in [0.717, 1.165) is 42.7 Å². The lowest BCUT2D eigenvalue weighted by atomic mass is 9.72. The molecule has 0 saturated carbocycles. The number of benzene rings is 1. The molecule has 1 aromatic rings. The van der Waals surface area contributed by atoms with Crippen LogP contribution in [0.5, 0.6) is 0 Å². The van der Waals surface area contributed by atoms with Crippen molar-refractivity contribution in [3.63, 3.8) is 0 Å². The second-order valence-corrected chi connectivity index (χ2v) is 5.59. The molecule has 0 unspecified atom stereocenters. The Kier molecular flexibility index (Phi) is 3.01.